The average molecular weight is 250 g/mol. The van der Waals surface area contributed by atoms with Gasteiger partial charge in [-0.25, -0.2) is 0 Å². The van der Waals surface area contributed by atoms with Gasteiger partial charge in [0.05, 0.1) is 6.42 Å². The van der Waals surface area contributed by atoms with Crippen molar-refractivity contribution in [3.05, 3.63) is 36.5 Å². The molecule has 2 nitrogen and oxygen atoms in total. The Morgan fingerprint density at radius 1 is 0.889 bits per heavy atom. The van der Waals surface area contributed by atoms with Gasteiger partial charge in [0.25, 0.3) is 0 Å². The highest BCUT2D eigenvalue weighted by Crippen LogP contribution is 2.15. The molecule has 0 aromatic carbocycles. The predicted octanol–water partition coefficient (Wildman–Crippen LogP) is 4.74. The molecule has 0 aromatic rings. The van der Waals surface area contributed by atoms with E-state index in [1.54, 1.807) is 6.08 Å². The first-order valence-corrected chi connectivity index (χ1v) is 6.61. The van der Waals surface area contributed by atoms with Crippen LogP contribution in [0.15, 0.2) is 36.5 Å². The van der Waals surface area contributed by atoms with Crippen LogP contribution >= 0.6 is 0 Å². The number of hydrogen-bond donors (Lipinski definition) is 1. The number of hydrogen-bond acceptors (Lipinski definition) is 1. The zero-order chi connectivity index (χ0) is 13.9. The third-order valence-electron chi connectivity index (χ3n) is 2.24. The highest BCUT2D eigenvalue weighted by molar-refractivity contribution is 5.68. The minimum atomic E-state index is -0.771. The van der Waals surface area contributed by atoms with E-state index in [1.807, 2.05) is 6.08 Å². The van der Waals surface area contributed by atoms with Gasteiger partial charge in [-0.1, -0.05) is 57.2 Å². The summed E-state index contributed by atoms with van der Waals surface area (Å²) >= 11 is 0. The summed E-state index contributed by atoms with van der Waals surface area (Å²) in [5.41, 5.74) is 0.276. The van der Waals surface area contributed by atoms with Gasteiger partial charge in [-0.15, -0.1) is 0 Å². The zero-order valence-electron chi connectivity index (χ0n) is 11.9. The van der Waals surface area contributed by atoms with Crippen LogP contribution in [-0.2, 0) is 4.79 Å². The molecule has 0 saturated carbocycles. The van der Waals surface area contributed by atoms with E-state index in [1.165, 1.54) is 0 Å². The maximum absolute atomic E-state index is 10.2. The van der Waals surface area contributed by atoms with Crippen molar-refractivity contribution in [2.24, 2.45) is 5.41 Å². The van der Waals surface area contributed by atoms with Gasteiger partial charge in [0.2, 0.25) is 0 Å². The van der Waals surface area contributed by atoms with Crippen molar-refractivity contribution >= 4 is 5.97 Å². The molecule has 0 amide bonds. The van der Waals surface area contributed by atoms with E-state index in [2.05, 4.69) is 45.1 Å². The van der Waals surface area contributed by atoms with Crippen molar-refractivity contribution in [1.82, 2.24) is 0 Å². The first-order valence-electron chi connectivity index (χ1n) is 6.61. The van der Waals surface area contributed by atoms with Gasteiger partial charge in [-0.2, -0.15) is 0 Å². The number of rotatable bonds is 8. The maximum atomic E-state index is 10.2. The standard InChI is InChI=1S/C16H26O2/c1-16(2,3)14-12-10-8-6-4-5-7-9-11-13-15(17)18/h4,6,9,11-12,14H,5,7-8,10,13H2,1-3H3,(H,17,18). The van der Waals surface area contributed by atoms with Crippen LogP contribution in [0.25, 0.3) is 0 Å². The minimum Gasteiger partial charge on any atom is -0.481 e. The lowest BCUT2D eigenvalue weighted by Gasteiger charge is -2.10. The van der Waals surface area contributed by atoms with E-state index in [4.69, 9.17) is 5.11 Å². The third-order valence-corrected chi connectivity index (χ3v) is 2.24. The van der Waals surface area contributed by atoms with Crippen molar-refractivity contribution < 1.29 is 9.90 Å². The molecule has 0 aliphatic carbocycles. The van der Waals surface area contributed by atoms with Crippen molar-refractivity contribution in [1.29, 1.82) is 0 Å². The molecule has 0 bridgehead atoms. The van der Waals surface area contributed by atoms with E-state index in [0.29, 0.717) is 0 Å². The van der Waals surface area contributed by atoms with E-state index in [9.17, 15) is 4.79 Å². The first kappa shape index (κ1) is 16.7. The molecule has 0 radical (unpaired) electrons. The van der Waals surface area contributed by atoms with E-state index < -0.39 is 5.97 Å². The number of carboxylic acids is 1. The fourth-order valence-electron chi connectivity index (χ4n) is 1.36. The summed E-state index contributed by atoms with van der Waals surface area (Å²) in [5.74, 6) is -0.771. The molecule has 2 heteroatoms. The smallest absolute Gasteiger partial charge is 0.307 e. The Morgan fingerprint density at radius 2 is 1.33 bits per heavy atom. The number of allylic oxidation sites excluding steroid dienone is 5. The van der Waals surface area contributed by atoms with Gasteiger partial charge in [-0.05, 0) is 31.1 Å². The van der Waals surface area contributed by atoms with Gasteiger partial charge < -0.3 is 5.11 Å². The van der Waals surface area contributed by atoms with Gasteiger partial charge in [-0.3, -0.25) is 4.79 Å². The predicted molar refractivity (Wildman–Crippen MR) is 77.6 cm³/mol. The lowest BCUT2D eigenvalue weighted by molar-refractivity contribution is -0.136. The molecule has 0 aliphatic rings. The van der Waals surface area contributed by atoms with Gasteiger partial charge in [0.15, 0.2) is 0 Å². The normalized spacial score (nSPS) is 13.1. The molecule has 0 rings (SSSR count). The Kier molecular flexibility index (Phi) is 8.99. The molecule has 102 valence electrons. The fraction of sp³-hybridized carbons (Fsp3) is 0.562. The Balaban J connectivity index is 3.47. The van der Waals surface area contributed by atoms with Crippen LogP contribution in [0.5, 0.6) is 0 Å². The summed E-state index contributed by atoms with van der Waals surface area (Å²) in [4.78, 5) is 10.2. The SMILES string of the molecule is CC(C)(C)C=CCCC=CCCC=CCC(=O)O. The molecule has 0 heterocycles. The molecule has 18 heavy (non-hydrogen) atoms. The Morgan fingerprint density at radius 3 is 1.78 bits per heavy atom. The highest BCUT2D eigenvalue weighted by atomic mass is 16.4. The second kappa shape index (κ2) is 9.69. The largest absolute Gasteiger partial charge is 0.481 e. The second-order valence-corrected chi connectivity index (χ2v) is 5.46. The Hall–Kier alpha value is -1.31. The summed E-state index contributed by atoms with van der Waals surface area (Å²) in [6, 6.07) is 0. The topological polar surface area (TPSA) is 37.3 Å². The maximum Gasteiger partial charge on any atom is 0.307 e. The zero-order valence-corrected chi connectivity index (χ0v) is 11.9. The highest BCUT2D eigenvalue weighted by Gasteiger charge is 2.01. The van der Waals surface area contributed by atoms with Crippen LogP contribution in [0.4, 0.5) is 0 Å². The van der Waals surface area contributed by atoms with Crippen LogP contribution in [-0.4, -0.2) is 11.1 Å². The second-order valence-electron chi connectivity index (χ2n) is 5.46. The summed E-state index contributed by atoms with van der Waals surface area (Å²) < 4.78 is 0. The number of carboxylic acid groups (broad SMARTS) is 1. The Labute approximate surface area is 111 Å². The molecule has 0 unspecified atom stereocenters. The van der Waals surface area contributed by atoms with E-state index in [-0.39, 0.29) is 11.8 Å². The van der Waals surface area contributed by atoms with Gasteiger partial charge in [0.1, 0.15) is 0 Å². The van der Waals surface area contributed by atoms with Crippen LogP contribution in [0, 0.1) is 5.41 Å². The lowest BCUT2D eigenvalue weighted by atomic mass is 9.96. The van der Waals surface area contributed by atoms with Crippen LogP contribution < -0.4 is 0 Å². The molecule has 0 saturated heterocycles. The number of carbonyl (C=O) groups is 1. The van der Waals surface area contributed by atoms with Crippen LogP contribution in [0.1, 0.15) is 52.9 Å². The van der Waals surface area contributed by atoms with Gasteiger partial charge >= 0.3 is 5.97 Å². The molecule has 0 spiro atoms. The van der Waals surface area contributed by atoms with Crippen molar-refractivity contribution in [3.63, 3.8) is 0 Å². The summed E-state index contributed by atoms with van der Waals surface area (Å²) in [6.07, 6.45) is 16.7. The summed E-state index contributed by atoms with van der Waals surface area (Å²) in [6.45, 7) is 6.59. The van der Waals surface area contributed by atoms with Gasteiger partial charge in [0, 0.05) is 0 Å². The molecule has 0 aromatic heterocycles. The lowest BCUT2D eigenvalue weighted by Crippen LogP contribution is -1.97. The molecule has 0 atom stereocenters. The van der Waals surface area contributed by atoms with E-state index >= 15 is 0 Å². The Bertz CT molecular complexity index is 304. The molecular formula is C16H26O2. The molecule has 1 N–H and O–H groups in total. The third kappa shape index (κ3) is 14.7. The molecular weight excluding hydrogens is 224 g/mol. The molecule has 0 fully saturated rings. The van der Waals surface area contributed by atoms with Crippen molar-refractivity contribution in [3.8, 4) is 0 Å². The quantitative estimate of drug-likeness (QED) is 0.499. The summed E-state index contributed by atoms with van der Waals surface area (Å²) in [7, 11) is 0. The number of aliphatic carboxylic acids is 1. The van der Waals surface area contributed by atoms with Crippen LogP contribution in [0.3, 0.4) is 0 Å². The first-order chi connectivity index (χ1) is 8.42. The van der Waals surface area contributed by atoms with Crippen LogP contribution in [0.2, 0.25) is 0 Å². The monoisotopic (exact) mass is 250 g/mol. The minimum absolute atomic E-state index is 0.126. The molecule has 0 aliphatic heterocycles. The van der Waals surface area contributed by atoms with Crippen molar-refractivity contribution in [2.75, 3.05) is 0 Å². The fourth-order valence-corrected chi connectivity index (χ4v) is 1.36. The van der Waals surface area contributed by atoms with Crippen molar-refractivity contribution in [2.45, 2.75) is 52.9 Å². The average Bonchev–Trinajstić information content (AvgIpc) is 2.24. The van der Waals surface area contributed by atoms with E-state index in [0.717, 1.165) is 25.7 Å². The number of unbranched alkanes of at least 4 members (excludes halogenated alkanes) is 2. The summed E-state index contributed by atoms with van der Waals surface area (Å²) in [5, 5.41) is 8.42.